The molecule has 7 nitrogen and oxygen atoms in total. The summed E-state index contributed by atoms with van der Waals surface area (Å²) in [7, 11) is 1.32. The maximum atomic E-state index is 11.7. The van der Waals surface area contributed by atoms with Gasteiger partial charge in [-0.25, -0.2) is 12.7 Å². The summed E-state index contributed by atoms with van der Waals surface area (Å²) in [5, 5.41) is 12.9. The van der Waals surface area contributed by atoms with Crippen molar-refractivity contribution in [1.29, 1.82) is 0 Å². The van der Waals surface area contributed by atoms with Gasteiger partial charge in [0.2, 0.25) is 15.9 Å². The van der Waals surface area contributed by atoms with E-state index in [-0.39, 0.29) is 18.1 Å². The van der Waals surface area contributed by atoms with E-state index in [1.54, 1.807) is 0 Å². The second kappa shape index (κ2) is 6.84. The van der Waals surface area contributed by atoms with Crippen molar-refractivity contribution in [2.24, 2.45) is 0 Å². The normalized spacial score (nSPS) is 24.9. The van der Waals surface area contributed by atoms with Crippen molar-refractivity contribution in [2.75, 3.05) is 46.5 Å². The Balaban J connectivity index is 2.55. The van der Waals surface area contributed by atoms with Crippen LogP contribution in [-0.2, 0) is 14.8 Å². The number of piperidine rings is 1. The maximum Gasteiger partial charge on any atom is 0.222 e. The van der Waals surface area contributed by atoms with Gasteiger partial charge in [0.25, 0.3) is 0 Å². The molecule has 20 heavy (non-hydrogen) atoms. The van der Waals surface area contributed by atoms with E-state index in [2.05, 4.69) is 5.32 Å². The Labute approximate surface area is 121 Å². The van der Waals surface area contributed by atoms with E-state index in [9.17, 15) is 18.3 Å². The first-order valence-corrected chi connectivity index (χ1v) is 8.35. The average molecular weight is 307 g/mol. The number of carbonyl (C=O) groups is 1. The Morgan fingerprint density at radius 1 is 1.45 bits per heavy atom. The molecule has 1 aliphatic heterocycles. The average Bonchev–Trinajstić information content (AvgIpc) is 2.35. The van der Waals surface area contributed by atoms with Gasteiger partial charge in [-0.3, -0.25) is 9.69 Å². The van der Waals surface area contributed by atoms with E-state index >= 15 is 0 Å². The SMILES string of the molecule is CNC(=O)CC1(O)CCCN(CCS(=O)(=O)N(C)C)C1. The lowest BCUT2D eigenvalue weighted by Gasteiger charge is -2.38. The second-order valence-electron chi connectivity index (χ2n) is 5.55. The number of likely N-dealkylation sites (tertiary alicyclic amines) is 1. The van der Waals surface area contributed by atoms with Crippen LogP contribution in [0.25, 0.3) is 0 Å². The number of sulfonamides is 1. The van der Waals surface area contributed by atoms with Gasteiger partial charge < -0.3 is 10.4 Å². The van der Waals surface area contributed by atoms with Gasteiger partial charge in [-0.1, -0.05) is 0 Å². The molecule has 118 valence electrons. The van der Waals surface area contributed by atoms with Crippen LogP contribution >= 0.6 is 0 Å². The number of nitrogens with zero attached hydrogens (tertiary/aromatic N) is 2. The Morgan fingerprint density at radius 3 is 2.65 bits per heavy atom. The molecule has 1 heterocycles. The van der Waals surface area contributed by atoms with E-state index in [0.717, 1.165) is 13.0 Å². The molecule has 0 spiro atoms. The van der Waals surface area contributed by atoms with Crippen molar-refractivity contribution in [2.45, 2.75) is 24.9 Å². The third-order valence-corrected chi connectivity index (χ3v) is 5.44. The van der Waals surface area contributed by atoms with Crippen LogP contribution in [0.15, 0.2) is 0 Å². The largest absolute Gasteiger partial charge is 0.388 e. The third-order valence-electron chi connectivity index (χ3n) is 3.62. The van der Waals surface area contributed by atoms with Gasteiger partial charge in [0.05, 0.1) is 17.8 Å². The Kier molecular flexibility index (Phi) is 5.93. The van der Waals surface area contributed by atoms with Gasteiger partial charge in [-0.2, -0.15) is 0 Å². The lowest BCUT2D eigenvalue weighted by molar-refractivity contribution is -0.128. The van der Waals surface area contributed by atoms with Crippen LogP contribution in [-0.4, -0.2) is 80.8 Å². The second-order valence-corrected chi connectivity index (χ2v) is 7.85. The molecule has 0 aromatic heterocycles. The first-order valence-electron chi connectivity index (χ1n) is 6.74. The number of carbonyl (C=O) groups excluding carboxylic acids is 1. The van der Waals surface area contributed by atoms with Crippen molar-refractivity contribution in [3.05, 3.63) is 0 Å². The lowest BCUT2D eigenvalue weighted by atomic mass is 9.89. The third kappa shape index (κ3) is 5.01. The zero-order valence-corrected chi connectivity index (χ0v) is 13.2. The number of aliphatic hydroxyl groups is 1. The first kappa shape index (κ1) is 17.4. The monoisotopic (exact) mass is 307 g/mol. The molecule has 2 N–H and O–H groups in total. The summed E-state index contributed by atoms with van der Waals surface area (Å²) in [5.74, 6) is -0.175. The van der Waals surface area contributed by atoms with Crippen LogP contribution in [0, 0.1) is 0 Å². The zero-order valence-electron chi connectivity index (χ0n) is 12.4. The Bertz CT molecular complexity index is 438. The Morgan fingerprint density at radius 2 is 2.10 bits per heavy atom. The predicted octanol–water partition coefficient (Wildman–Crippen LogP) is -1.16. The number of amides is 1. The molecule has 0 aromatic rings. The minimum absolute atomic E-state index is 0.0239. The van der Waals surface area contributed by atoms with Gasteiger partial charge in [-0.15, -0.1) is 0 Å². The molecule has 8 heteroatoms. The molecular weight excluding hydrogens is 282 g/mol. The predicted molar refractivity (Wildman–Crippen MR) is 76.8 cm³/mol. The summed E-state index contributed by atoms with van der Waals surface area (Å²) in [6.07, 6.45) is 1.38. The molecule has 1 rings (SSSR count). The van der Waals surface area contributed by atoms with Crippen molar-refractivity contribution >= 4 is 15.9 Å². The zero-order chi connectivity index (χ0) is 15.4. The van der Waals surface area contributed by atoms with Crippen LogP contribution in [0.2, 0.25) is 0 Å². The molecule has 0 aliphatic carbocycles. The summed E-state index contributed by atoms with van der Waals surface area (Å²) in [5.41, 5.74) is -1.06. The molecule has 1 amide bonds. The Hall–Kier alpha value is -0.700. The van der Waals surface area contributed by atoms with Crippen LogP contribution in [0.1, 0.15) is 19.3 Å². The molecule has 1 unspecified atom stereocenters. The number of nitrogens with one attached hydrogen (secondary N) is 1. The van der Waals surface area contributed by atoms with E-state index < -0.39 is 15.6 Å². The highest BCUT2D eigenvalue weighted by Crippen LogP contribution is 2.24. The van der Waals surface area contributed by atoms with Gasteiger partial charge in [0, 0.05) is 34.2 Å². The fourth-order valence-corrected chi connectivity index (χ4v) is 3.21. The van der Waals surface area contributed by atoms with Crippen LogP contribution in [0.3, 0.4) is 0 Å². The summed E-state index contributed by atoms with van der Waals surface area (Å²) >= 11 is 0. The lowest BCUT2D eigenvalue weighted by Crippen LogP contribution is -2.51. The summed E-state index contributed by atoms with van der Waals surface area (Å²) in [4.78, 5) is 13.3. The van der Waals surface area contributed by atoms with Crippen molar-refractivity contribution in [3.8, 4) is 0 Å². The van der Waals surface area contributed by atoms with Crippen LogP contribution in [0.5, 0.6) is 0 Å². The summed E-state index contributed by atoms with van der Waals surface area (Å²) in [6.45, 7) is 1.46. The number of hydrogen-bond donors (Lipinski definition) is 2. The molecule has 1 atom stereocenters. The van der Waals surface area contributed by atoms with Gasteiger partial charge in [0.15, 0.2) is 0 Å². The number of hydrogen-bond acceptors (Lipinski definition) is 5. The molecule has 0 saturated carbocycles. The maximum absolute atomic E-state index is 11.7. The molecule has 0 aromatic carbocycles. The smallest absolute Gasteiger partial charge is 0.222 e. The quantitative estimate of drug-likeness (QED) is 0.646. The molecular formula is C12H25N3O4S. The fraction of sp³-hybridized carbons (Fsp3) is 0.917. The summed E-state index contributed by atoms with van der Waals surface area (Å²) in [6, 6.07) is 0. The van der Waals surface area contributed by atoms with Crippen LogP contribution in [0.4, 0.5) is 0 Å². The van der Waals surface area contributed by atoms with Crippen molar-refractivity contribution in [3.63, 3.8) is 0 Å². The minimum Gasteiger partial charge on any atom is -0.388 e. The van der Waals surface area contributed by atoms with E-state index in [0.29, 0.717) is 19.5 Å². The fourth-order valence-electron chi connectivity index (χ4n) is 2.36. The molecule has 0 radical (unpaired) electrons. The number of β-amino-alcohol motifs (C(OH)–C–C–N with tert-alkyl or cyclic N) is 1. The van der Waals surface area contributed by atoms with E-state index in [1.165, 1.54) is 25.4 Å². The molecule has 1 saturated heterocycles. The molecule has 1 aliphatic rings. The van der Waals surface area contributed by atoms with Gasteiger partial charge >= 0.3 is 0 Å². The number of rotatable bonds is 6. The highest BCUT2D eigenvalue weighted by molar-refractivity contribution is 7.89. The van der Waals surface area contributed by atoms with E-state index in [1.807, 2.05) is 4.90 Å². The van der Waals surface area contributed by atoms with E-state index in [4.69, 9.17) is 0 Å². The summed E-state index contributed by atoms with van der Waals surface area (Å²) < 4.78 is 24.7. The highest BCUT2D eigenvalue weighted by Gasteiger charge is 2.35. The van der Waals surface area contributed by atoms with Gasteiger partial charge in [0.1, 0.15) is 0 Å². The molecule has 1 fully saturated rings. The van der Waals surface area contributed by atoms with Gasteiger partial charge in [-0.05, 0) is 19.4 Å². The van der Waals surface area contributed by atoms with Crippen molar-refractivity contribution < 1.29 is 18.3 Å². The topological polar surface area (TPSA) is 90.0 Å². The van der Waals surface area contributed by atoms with Crippen LogP contribution < -0.4 is 5.32 Å². The molecule has 0 bridgehead atoms. The standard InChI is InChI=1S/C12H25N3O4S/c1-13-11(16)9-12(17)5-4-6-15(10-12)7-8-20(18,19)14(2)3/h17H,4-10H2,1-3H3,(H,13,16). The highest BCUT2D eigenvalue weighted by atomic mass is 32.2. The minimum atomic E-state index is -3.23. The van der Waals surface area contributed by atoms with Crippen molar-refractivity contribution in [1.82, 2.24) is 14.5 Å². The first-order chi connectivity index (χ1) is 9.18.